The highest BCUT2D eigenvalue weighted by atomic mass is 16.5. The number of fused-ring (bicyclic) bond motifs is 3. The van der Waals surface area contributed by atoms with E-state index in [1.165, 1.54) is 12.7 Å². The van der Waals surface area contributed by atoms with Gasteiger partial charge < -0.3 is 14.4 Å². The van der Waals surface area contributed by atoms with E-state index in [9.17, 15) is 9.59 Å². The number of hydrogen-bond donors (Lipinski definition) is 0. The summed E-state index contributed by atoms with van der Waals surface area (Å²) in [5.41, 5.74) is 3.24. The Morgan fingerprint density at radius 1 is 1.14 bits per heavy atom. The van der Waals surface area contributed by atoms with Gasteiger partial charge in [0.2, 0.25) is 0 Å². The van der Waals surface area contributed by atoms with Crippen molar-refractivity contribution in [2.75, 3.05) is 27.3 Å². The number of ether oxygens (including phenoxy) is 2. The minimum Gasteiger partial charge on any atom is -0.493 e. The first kappa shape index (κ1) is 18.2. The maximum absolute atomic E-state index is 13.0. The van der Waals surface area contributed by atoms with E-state index in [1.54, 1.807) is 25.3 Å². The fraction of sp³-hybridized carbons (Fsp3) is 0.318. The van der Waals surface area contributed by atoms with Gasteiger partial charge in [0.1, 0.15) is 5.71 Å². The van der Waals surface area contributed by atoms with Gasteiger partial charge in [0.05, 0.1) is 33.2 Å². The predicted molar refractivity (Wildman–Crippen MR) is 105 cm³/mol. The summed E-state index contributed by atoms with van der Waals surface area (Å²) >= 11 is 0. The van der Waals surface area contributed by atoms with Crippen LogP contribution in [0.25, 0.3) is 0 Å². The molecule has 0 unspecified atom stereocenters. The Hall–Kier alpha value is -3.15. The minimum absolute atomic E-state index is 0.0147. The zero-order valence-electron chi connectivity index (χ0n) is 16.0. The van der Waals surface area contributed by atoms with E-state index in [0.717, 1.165) is 12.0 Å². The number of hydrogen-bond acceptors (Lipinski definition) is 5. The molecule has 0 spiro atoms. The molecule has 2 aromatic rings. The van der Waals surface area contributed by atoms with Crippen molar-refractivity contribution in [3.8, 4) is 11.5 Å². The summed E-state index contributed by atoms with van der Waals surface area (Å²) in [5.74, 6) is 0.737. The molecule has 0 aromatic heterocycles. The molecule has 0 bridgehead atoms. The standard InChI is InChI=1S/C22H22N2O4/c1-27-20-8-7-15(11-21(20)28-2)19(25)12-17-22(26)24-10-9-14-5-3-4-6-16(14)18(24)13-23-17/h3-8,11,18H,9-10,12-13H2,1-2H3/t18-/m0/s1. The van der Waals surface area contributed by atoms with Crippen molar-refractivity contribution in [3.63, 3.8) is 0 Å². The second-order valence-corrected chi connectivity index (χ2v) is 6.92. The van der Waals surface area contributed by atoms with Crippen LogP contribution in [0.5, 0.6) is 11.5 Å². The van der Waals surface area contributed by atoms with E-state index in [4.69, 9.17) is 9.47 Å². The predicted octanol–water partition coefficient (Wildman–Crippen LogP) is 2.86. The number of carbonyl (C=O) groups excluding carboxylic acids is 2. The Balaban J connectivity index is 1.54. The van der Waals surface area contributed by atoms with Gasteiger partial charge in [0, 0.05) is 12.1 Å². The fourth-order valence-corrected chi connectivity index (χ4v) is 3.92. The molecule has 1 amide bonds. The molecule has 144 valence electrons. The number of ketones is 1. The third-order valence-corrected chi connectivity index (χ3v) is 5.41. The van der Waals surface area contributed by atoms with E-state index >= 15 is 0 Å². The summed E-state index contributed by atoms with van der Waals surface area (Å²) in [6.45, 7) is 1.15. The molecule has 6 nitrogen and oxygen atoms in total. The number of aliphatic imine (C=N–C) groups is 1. The normalized spacial score (nSPS) is 18.1. The van der Waals surface area contributed by atoms with Crippen LogP contribution in [0, 0.1) is 0 Å². The van der Waals surface area contributed by atoms with Crippen LogP contribution < -0.4 is 9.47 Å². The van der Waals surface area contributed by atoms with Gasteiger partial charge in [-0.1, -0.05) is 24.3 Å². The van der Waals surface area contributed by atoms with Crippen LogP contribution in [0.2, 0.25) is 0 Å². The number of rotatable bonds is 5. The van der Waals surface area contributed by atoms with Crippen LogP contribution in [0.3, 0.4) is 0 Å². The van der Waals surface area contributed by atoms with Crippen LogP contribution in [0.1, 0.15) is 33.9 Å². The number of amides is 1. The van der Waals surface area contributed by atoms with E-state index in [-0.39, 0.29) is 24.2 Å². The summed E-state index contributed by atoms with van der Waals surface area (Å²) in [4.78, 5) is 32.0. The van der Waals surface area contributed by atoms with E-state index in [2.05, 4.69) is 17.1 Å². The summed E-state index contributed by atoms with van der Waals surface area (Å²) in [7, 11) is 3.07. The molecule has 0 saturated heterocycles. The van der Waals surface area contributed by atoms with Crippen LogP contribution >= 0.6 is 0 Å². The molecule has 2 aromatic carbocycles. The van der Waals surface area contributed by atoms with Crippen LogP contribution in [-0.4, -0.2) is 49.6 Å². The lowest BCUT2D eigenvalue weighted by Gasteiger charge is -2.39. The Bertz CT molecular complexity index is 967. The highest BCUT2D eigenvalue weighted by Gasteiger charge is 2.36. The second-order valence-electron chi connectivity index (χ2n) is 6.92. The minimum atomic E-state index is -0.163. The first-order chi connectivity index (χ1) is 13.6. The molecule has 0 radical (unpaired) electrons. The molecular formula is C22H22N2O4. The molecule has 0 aliphatic carbocycles. The molecule has 2 heterocycles. The lowest BCUT2D eigenvalue weighted by molar-refractivity contribution is -0.127. The van der Waals surface area contributed by atoms with Crippen molar-refractivity contribution in [1.82, 2.24) is 4.90 Å². The van der Waals surface area contributed by atoms with Gasteiger partial charge >= 0.3 is 0 Å². The largest absolute Gasteiger partial charge is 0.493 e. The second kappa shape index (κ2) is 7.46. The van der Waals surface area contributed by atoms with Crippen molar-refractivity contribution < 1.29 is 19.1 Å². The van der Waals surface area contributed by atoms with E-state index in [1.807, 2.05) is 17.0 Å². The fourth-order valence-electron chi connectivity index (χ4n) is 3.92. The topological polar surface area (TPSA) is 68.2 Å². The number of Topliss-reactive ketones (excluding diaryl/α,β-unsaturated/α-hetero) is 1. The molecule has 6 heteroatoms. The van der Waals surface area contributed by atoms with Gasteiger partial charge in [-0.2, -0.15) is 0 Å². The Morgan fingerprint density at radius 2 is 1.93 bits per heavy atom. The average Bonchev–Trinajstić information content (AvgIpc) is 2.74. The number of benzene rings is 2. The van der Waals surface area contributed by atoms with Crippen LogP contribution in [-0.2, 0) is 11.2 Å². The molecule has 2 aliphatic rings. The van der Waals surface area contributed by atoms with Crippen LogP contribution in [0.15, 0.2) is 47.5 Å². The smallest absolute Gasteiger partial charge is 0.268 e. The zero-order valence-corrected chi connectivity index (χ0v) is 16.0. The first-order valence-electron chi connectivity index (χ1n) is 9.29. The molecular weight excluding hydrogens is 356 g/mol. The van der Waals surface area contributed by atoms with Gasteiger partial charge in [-0.3, -0.25) is 14.6 Å². The maximum Gasteiger partial charge on any atom is 0.268 e. The van der Waals surface area contributed by atoms with Gasteiger partial charge in [0.25, 0.3) is 5.91 Å². The molecule has 0 fully saturated rings. The number of nitrogens with zero attached hydrogens (tertiary/aromatic N) is 2. The molecule has 28 heavy (non-hydrogen) atoms. The van der Waals surface area contributed by atoms with E-state index in [0.29, 0.717) is 35.9 Å². The lowest BCUT2D eigenvalue weighted by atomic mass is 9.90. The lowest BCUT2D eigenvalue weighted by Crippen LogP contribution is -2.48. The number of methoxy groups -OCH3 is 2. The molecule has 4 rings (SSSR count). The quantitative estimate of drug-likeness (QED) is 0.751. The summed E-state index contributed by atoms with van der Waals surface area (Å²) < 4.78 is 10.5. The van der Waals surface area contributed by atoms with Gasteiger partial charge in [-0.25, -0.2) is 0 Å². The SMILES string of the molecule is COc1ccc(C(=O)CC2=NC[C@H]3c4ccccc4CCN3C2=O)cc1OC. The number of carbonyl (C=O) groups is 2. The summed E-state index contributed by atoms with van der Waals surface area (Å²) in [6, 6.07) is 13.2. The highest BCUT2D eigenvalue weighted by molar-refractivity contribution is 6.43. The van der Waals surface area contributed by atoms with Crippen molar-refractivity contribution >= 4 is 17.4 Å². The maximum atomic E-state index is 13.0. The average molecular weight is 378 g/mol. The zero-order chi connectivity index (χ0) is 19.7. The molecule has 1 atom stereocenters. The third-order valence-electron chi connectivity index (χ3n) is 5.41. The molecule has 0 saturated carbocycles. The monoisotopic (exact) mass is 378 g/mol. The Kier molecular flexibility index (Phi) is 4.86. The van der Waals surface area contributed by atoms with Crippen molar-refractivity contribution in [2.24, 2.45) is 4.99 Å². The summed E-state index contributed by atoms with van der Waals surface area (Å²) in [5, 5.41) is 0. The third kappa shape index (κ3) is 3.15. The van der Waals surface area contributed by atoms with Gasteiger partial charge in [0.15, 0.2) is 17.3 Å². The Labute approximate surface area is 163 Å². The van der Waals surface area contributed by atoms with Crippen molar-refractivity contribution in [2.45, 2.75) is 18.9 Å². The molecule has 2 aliphatic heterocycles. The van der Waals surface area contributed by atoms with Crippen molar-refractivity contribution in [1.29, 1.82) is 0 Å². The highest BCUT2D eigenvalue weighted by Crippen LogP contribution is 2.33. The Morgan fingerprint density at radius 3 is 2.71 bits per heavy atom. The first-order valence-corrected chi connectivity index (χ1v) is 9.29. The molecule has 0 N–H and O–H groups in total. The summed E-state index contributed by atoms with van der Waals surface area (Å²) in [6.07, 6.45) is 0.814. The van der Waals surface area contributed by atoms with Crippen molar-refractivity contribution in [3.05, 3.63) is 59.2 Å². The van der Waals surface area contributed by atoms with Gasteiger partial charge in [-0.05, 0) is 35.7 Å². The van der Waals surface area contributed by atoms with Crippen LogP contribution in [0.4, 0.5) is 0 Å². The van der Waals surface area contributed by atoms with Gasteiger partial charge in [-0.15, -0.1) is 0 Å². The van der Waals surface area contributed by atoms with E-state index < -0.39 is 0 Å².